The van der Waals surface area contributed by atoms with E-state index in [2.05, 4.69) is 53.4 Å². The SMILES string of the molecule is CC(C)c1ccc(CCNC(=O)c2cnccn2)cc1. The molecule has 0 saturated heterocycles. The molecule has 2 rings (SSSR count). The largest absolute Gasteiger partial charge is 0.350 e. The zero-order valence-electron chi connectivity index (χ0n) is 11.8. The van der Waals surface area contributed by atoms with Gasteiger partial charge in [-0.05, 0) is 23.5 Å². The first-order valence-electron chi connectivity index (χ1n) is 6.80. The standard InChI is InChI=1S/C16H19N3O/c1-12(2)14-5-3-13(4-6-14)7-8-19-16(20)15-11-17-9-10-18-15/h3-6,9-12H,7-8H2,1-2H3,(H,19,20). The quantitative estimate of drug-likeness (QED) is 0.907. The molecule has 1 N–H and O–H groups in total. The van der Waals surface area contributed by atoms with Crippen molar-refractivity contribution in [1.82, 2.24) is 15.3 Å². The number of amides is 1. The first-order valence-corrected chi connectivity index (χ1v) is 6.80. The zero-order valence-corrected chi connectivity index (χ0v) is 11.8. The summed E-state index contributed by atoms with van der Waals surface area (Å²) in [4.78, 5) is 19.6. The van der Waals surface area contributed by atoms with Crippen LogP contribution in [0.15, 0.2) is 42.9 Å². The molecule has 0 saturated carbocycles. The van der Waals surface area contributed by atoms with Crippen LogP contribution in [-0.2, 0) is 6.42 Å². The topological polar surface area (TPSA) is 54.9 Å². The third-order valence-electron chi connectivity index (χ3n) is 3.14. The fourth-order valence-corrected chi connectivity index (χ4v) is 1.90. The molecule has 20 heavy (non-hydrogen) atoms. The lowest BCUT2D eigenvalue weighted by molar-refractivity contribution is 0.0948. The van der Waals surface area contributed by atoms with Crippen LogP contribution in [0.2, 0.25) is 0 Å². The van der Waals surface area contributed by atoms with Gasteiger partial charge in [0.2, 0.25) is 0 Å². The molecule has 4 heteroatoms. The van der Waals surface area contributed by atoms with Crippen LogP contribution in [0, 0.1) is 0 Å². The number of benzene rings is 1. The summed E-state index contributed by atoms with van der Waals surface area (Å²) in [5.41, 5.74) is 2.90. The molecule has 1 aromatic carbocycles. The van der Waals surface area contributed by atoms with Crippen molar-refractivity contribution in [1.29, 1.82) is 0 Å². The summed E-state index contributed by atoms with van der Waals surface area (Å²) >= 11 is 0. The van der Waals surface area contributed by atoms with Gasteiger partial charge in [-0.15, -0.1) is 0 Å². The number of carbonyl (C=O) groups excluding carboxylic acids is 1. The van der Waals surface area contributed by atoms with Crippen molar-refractivity contribution in [3.05, 3.63) is 59.7 Å². The molecular weight excluding hydrogens is 250 g/mol. The molecule has 1 heterocycles. The molecule has 0 radical (unpaired) electrons. The van der Waals surface area contributed by atoms with Gasteiger partial charge < -0.3 is 5.32 Å². The first kappa shape index (κ1) is 14.2. The fraction of sp³-hybridized carbons (Fsp3) is 0.312. The second-order valence-electron chi connectivity index (χ2n) is 4.99. The van der Waals surface area contributed by atoms with E-state index in [0.29, 0.717) is 18.2 Å². The molecule has 0 aliphatic rings. The van der Waals surface area contributed by atoms with Crippen molar-refractivity contribution in [2.75, 3.05) is 6.54 Å². The third-order valence-corrected chi connectivity index (χ3v) is 3.14. The number of hydrogen-bond donors (Lipinski definition) is 1. The van der Waals surface area contributed by atoms with Crippen LogP contribution in [0.1, 0.15) is 41.4 Å². The molecule has 4 nitrogen and oxygen atoms in total. The Balaban J connectivity index is 1.82. The van der Waals surface area contributed by atoms with Gasteiger partial charge in [-0.1, -0.05) is 38.1 Å². The minimum absolute atomic E-state index is 0.183. The molecule has 0 bridgehead atoms. The van der Waals surface area contributed by atoms with Crippen molar-refractivity contribution in [3.63, 3.8) is 0 Å². The van der Waals surface area contributed by atoms with Gasteiger partial charge in [0.05, 0.1) is 6.20 Å². The molecule has 2 aromatic rings. The monoisotopic (exact) mass is 269 g/mol. The van der Waals surface area contributed by atoms with Crippen LogP contribution in [0.25, 0.3) is 0 Å². The molecule has 0 spiro atoms. The maximum absolute atomic E-state index is 11.8. The Hall–Kier alpha value is -2.23. The zero-order chi connectivity index (χ0) is 14.4. The van der Waals surface area contributed by atoms with E-state index < -0.39 is 0 Å². The van der Waals surface area contributed by atoms with E-state index in [1.807, 2.05) is 0 Å². The Labute approximate surface area is 119 Å². The van der Waals surface area contributed by atoms with Gasteiger partial charge in [-0.2, -0.15) is 0 Å². The van der Waals surface area contributed by atoms with E-state index in [-0.39, 0.29) is 5.91 Å². The van der Waals surface area contributed by atoms with Crippen molar-refractivity contribution < 1.29 is 4.79 Å². The Morgan fingerprint density at radius 2 is 1.95 bits per heavy atom. The first-order chi connectivity index (χ1) is 9.66. The summed E-state index contributed by atoms with van der Waals surface area (Å²) < 4.78 is 0. The molecule has 104 valence electrons. The molecule has 1 amide bonds. The number of nitrogens with zero attached hydrogens (tertiary/aromatic N) is 2. The number of hydrogen-bond acceptors (Lipinski definition) is 3. The van der Waals surface area contributed by atoms with Crippen molar-refractivity contribution in [2.45, 2.75) is 26.2 Å². The average molecular weight is 269 g/mol. The Morgan fingerprint density at radius 3 is 2.55 bits per heavy atom. The number of carbonyl (C=O) groups is 1. The molecule has 0 unspecified atom stereocenters. The van der Waals surface area contributed by atoms with Gasteiger partial charge >= 0.3 is 0 Å². The molecule has 0 aliphatic heterocycles. The smallest absolute Gasteiger partial charge is 0.271 e. The van der Waals surface area contributed by atoms with Gasteiger partial charge in [0.1, 0.15) is 5.69 Å². The summed E-state index contributed by atoms with van der Waals surface area (Å²) in [6.45, 7) is 4.95. The predicted molar refractivity (Wildman–Crippen MR) is 78.6 cm³/mol. The van der Waals surface area contributed by atoms with E-state index in [4.69, 9.17) is 0 Å². The van der Waals surface area contributed by atoms with E-state index in [9.17, 15) is 4.79 Å². The summed E-state index contributed by atoms with van der Waals surface area (Å²) in [7, 11) is 0. The summed E-state index contributed by atoms with van der Waals surface area (Å²) in [5.74, 6) is 0.359. The highest BCUT2D eigenvalue weighted by atomic mass is 16.1. The summed E-state index contributed by atoms with van der Waals surface area (Å²) in [5, 5.41) is 2.84. The van der Waals surface area contributed by atoms with E-state index >= 15 is 0 Å². The highest BCUT2D eigenvalue weighted by molar-refractivity contribution is 5.91. The van der Waals surface area contributed by atoms with Gasteiger partial charge in [0.25, 0.3) is 5.91 Å². The minimum atomic E-state index is -0.183. The number of aromatic nitrogens is 2. The Morgan fingerprint density at radius 1 is 1.20 bits per heavy atom. The Bertz CT molecular complexity index is 550. The van der Waals surface area contributed by atoms with E-state index in [1.165, 1.54) is 23.5 Å². The summed E-state index contributed by atoms with van der Waals surface area (Å²) in [6, 6.07) is 8.52. The Kier molecular flexibility index (Phi) is 4.82. The molecule has 1 aromatic heterocycles. The van der Waals surface area contributed by atoms with Crippen LogP contribution in [0.3, 0.4) is 0 Å². The van der Waals surface area contributed by atoms with Crippen molar-refractivity contribution >= 4 is 5.91 Å². The number of rotatable bonds is 5. The van der Waals surface area contributed by atoms with Crippen molar-refractivity contribution in [3.8, 4) is 0 Å². The maximum Gasteiger partial charge on any atom is 0.271 e. The van der Waals surface area contributed by atoms with Crippen molar-refractivity contribution in [2.24, 2.45) is 0 Å². The maximum atomic E-state index is 11.8. The highest BCUT2D eigenvalue weighted by Gasteiger charge is 2.05. The fourth-order valence-electron chi connectivity index (χ4n) is 1.90. The van der Waals surface area contributed by atoms with Crippen LogP contribution in [0.4, 0.5) is 0 Å². The third kappa shape index (κ3) is 3.88. The molecule has 0 fully saturated rings. The molecule has 0 atom stereocenters. The molecular formula is C16H19N3O. The second kappa shape index (κ2) is 6.80. The van der Waals surface area contributed by atoms with Gasteiger partial charge in [0.15, 0.2) is 0 Å². The number of nitrogens with one attached hydrogen (secondary N) is 1. The minimum Gasteiger partial charge on any atom is -0.350 e. The normalized spacial score (nSPS) is 10.6. The van der Waals surface area contributed by atoms with E-state index in [0.717, 1.165) is 6.42 Å². The van der Waals surface area contributed by atoms with Crippen LogP contribution < -0.4 is 5.32 Å². The van der Waals surface area contributed by atoms with E-state index in [1.54, 1.807) is 6.20 Å². The van der Waals surface area contributed by atoms with Gasteiger partial charge in [-0.25, -0.2) is 4.98 Å². The predicted octanol–water partition coefficient (Wildman–Crippen LogP) is 2.57. The van der Waals surface area contributed by atoms with Gasteiger partial charge in [0, 0.05) is 18.9 Å². The lowest BCUT2D eigenvalue weighted by Crippen LogP contribution is -2.26. The lowest BCUT2D eigenvalue weighted by atomic mass is 10.0. The highest BCUT2D eigenvalue weighted by Crippen LogP contribution is 2.14. The van der Waals surface area contributed by atoms with Crippen LogP contribution in [0.5, 0.6) is 0 Å². The summed E-state index contributed by atoms with van der Waals surface area (Å²) in [6.07, 6.45) is 5.34. The molecule has 0 aliphatic carbocycles. The second-order valence-corrected chi connectivity index (χ2v) is 4.99. The van der Waals surface area contributed by atoms with Crippen LogP contribution in [-0.4, -0.2) is 22.4 Å². The average Bonchev–Trinajstić information content (AvgIpc) is 2.48. The van der Waals surface area contributed by atoms with Gasteiger partial charge in [-0.3, -0.25) is 9.78 Å². The lowest BCUT2D eigenvalue weighted by Gasteiger charge is -2.07. The van der Waals surface area contributed by atoms with Crippen LogP contribution >= 0.6 is 0 Å².